The van der Waals surface area contributed by atoms with Crippen LogP contribution < -0.4 is 4.74 Å². The van der Waals surface area contributed by atoms with Gasteiger partial charge in [-0.25, -0.2) is 4.79 Å². The predicted octanol–water partition coefficient (Wildman–Crippen LogP) is 5.18. The van der Waals surface area contributed by atoms with E-state index in [9.17, 15) is 9.90 Å². The minimum atomic E-state index is -1.23. The van der Waals surface area contributed by atoms with Crippen molar-refractivity contribution < 1.29 is 24.9 Å². The zero-order chi connectivity index (χ0) is 26.2. The quantitative estimate of drug-likeness (QED) is 0.412. The van der Waals surface area contributed by atoms with Crippen molar-refractivity contribution in [1.82, 2.24) is 4.90 Å². The molecule has 0 radical (unpaired) electrons. The van der Waals surface area contributed by atoms with Crippen LogP contribution >= 0.6 is 0 Å². The minimum absolute atomic E-state index is 0.283. The summed E-state index contributed by atoms with van der Waals surface area (Å²) in [6.45, 7) is 5.37. The van der Waals surface area contributed by atoms with Crippen LogP contribution in [0.2, 0.25) is 0 Å². The fourth-order valence-corrected chi connectivity index (χ4v) is 5.35. The largest absolute Gasteiger partial charge is 0.508 e. The third-order valence-electron chi connectivity index (χ3n) is 7.29. The minimum Gasteiger partial charge on any atom is -0.508 e. The number of aliphatic hydroxyl groups excluding tert-OH is 1. The zero-order valence-electron chi connectivity index (χ0n) is 21.4. The Bertz CT molecular complexity index is 1140. The molecule has 1 fully saturated rings. The molecule has 0 amide bonds. The van der Waals surface area contributed by atoms with E-state index in [0.717, 1.165) is 31.7 Å². The Hall–Kier alpha value is -3.35. The molecular formula is C31H37NO5. The van der Waals surface area contributed by atoms with Crippen molar-refractivity contribution in [3.63, 3.8) is 0 Å². The van der Waals surface area contributed by atoms with E-state index in [2.05, 4.69) is 65.6 Å². The first-order valence-corrected chi connectivity index (χ1v) is 13.1. The number of hydrogen-bond acceptors (Lipinski definition) is 5. The lowest BCUT2D eigenvalue weighted by atomic mass is 9.69. The molecule has 6 nitrogen and oxygen atoms in total. The lowest BCUT2D eigenvalue weighted by molar-refractivity contribution is -0.145. The highest BCUT2D eigenvalue weighted by atomic mass is 16.5. The van der Waals surface area contributed by atoms with Crippen LogP contribution in [-0.2, 0) is 11.2 Å². The molecule has 1 unspecified atom stereocenters. The van der Waals surface area contributed by atoms with Crippen LogP contribution in [0.3, 0.4) is 0 Å². The molecule has 3 aromatic rings. The summed E-state index contributed by atoms with van der Waals surface area (Å²) in [5.74, 6) is 0.832. The van der Waals surface area contributed by atoms with Gasteiger partial charge in [0.05, 0.1) is 0 Å². The third-order valence-corrected chi connectivity index (χ3v) is 7.29. The molecule has 2 aliphatic rings. The number of fused-ring (bicyclic) bond motifs is 1. The number of aliphatic carboxylic acids is 1. The summed E-state index contributed by atoms with van der Waals surface area (Å²) in [6, 6.07) is 25.4. The number of phenolic OH excluding ortho intramolecular Hbond substituents is 1. The Morgan fingerprint density at radius 2 is 1.68 bits per heavy atom. The molecule has 1 aliphatic heterocycles. The van der Waals surface area contributed by atoms with Crippen molar-refractivity contribution in [2.75, 3.05) is 26.2 Å². The third kappa shape index (κ3) is 7.12. The van der Waals surface area contributed by atoms with Gasteiger partial charge in [-0.3, -0.25) is 4.90 Å². The maximum atomic E-state index is 10.0. The van der Waals surface area contributed by atoms with E-state index in [1.54, 1.807) is 0 Å². The monoisotopic (exact) mass is 503 g/mol. The summed E-state index contributed by atoms with van der Waals surface area (Å²) in [7, 11) is 0. The maximum Gasteiger partial charge on any atom is 0.332 e. The second-order valence-electron chi connectivity index (χ2n) is 9.90. The van der Waals surface area contributed by atoms with E-state index in [1.165, 1.54) is 55.1 Å². The number of likely N-dealkylation sites (tertiary alicyclic amines) is 1. The molecule has 196 valence electrons. The van der Waals surface area contributed by atoms with Crippen molar-refractivity contribution in [2.24, 2.45) is 0 Å². The molecule has 6 heteroatoms. The topological polar surface area (TPSA) is 90.2 Å². The van der Waals surface area contributed by atoms with Crippen molar-refractivity contribution in [3.8, 4) is 11.5 Å². The average Bonchev–Trinajstić information content (AvgIpc) is 3.43. The molecule has 3 aromatic carbocycles. The van der Waals surface area contributed by atoms with Gasteiger partial charge in [-0.2, -0.15) is 0 Å². The van der Waals surface area contributed by atoms with E-state index >= 15 is 0 Å². The Kier molecular flexibility index (Phi) is 9.20. The van der Waals surface area contributed by atoms with E-state index in [-0.39, 0.29) is 5.92 Å². The average molecular weight is 504 g/mol. The van der Waals surface area contributed by atoms with Crippen LogP contribution in [-0.4, -0.2) is 58.5 Å². The van der Waals surface area contributed by atoms with Crippen molar-refractivity contribution in [3.05, 3.63) is 95.1 Å². The zero-order valence-corrected chi connectivity index (χ0v) is 21.4. The number of aromatic hydroxyl groups is 1. The maximum absolute atomic E-state index is 10.0. The van der Waals surface area contributed by atoms with E-state index in [0.29, 0.717) is 11.7 Å². The number of rotatable bonds is 7. The highest BCUT2D eigenvalue weighted by molar-refractivity contribution is 5.71. The Balaban J connectivity index is 0.000000480. The predicted molar refractivity (Wildman–Crippen MR) is 144 cm³/mol. The summed E-state index contributed by atoms with van der Waals surface area (Å²) >= 11 is 0. The number of phenols is 1. The number of carboxylic acids is 1. The summed E-state index contributed by atoms with van der Waals surface area (Å²) in [5, 5.41) is 25.8. The molecule has 0 aromatic heterocycles. The molecule has 1 heterocycles. The van der Waals surface area contributed by atoms with Gasteiger partial charge in [-0.15, -0.1) is 0 Å². The number of aryl methyl sites for hydroxylation is 1. The number of nitrogens with zero attached hydrogens (tertiary/aromatic N) is 1. The van der Waals surface area contributed by atoms with Gasteiger partial charge in [-0.05, 0) is 98.1 Å². The van der Waals surface area contributed by atoms with E-state index in [4.69, 9.17) is 14.9 Å². The van der Waals surface area contributed by atoms with Gasteiger partial charge in [-0.1, -0.05) is 48.5 Å². The van der Waals surface area contributed by atoms with Gasteiger partial charge in [0.1, 0.15) is 24.2 Å². The van der Waals surface area contributed by atoms with Crippen molar-refractivity contribution in [2.45, 2.75) is 50.5 Å². The Labute approximate surface area is 219 Å². The summed E-state index contributed by atoms with van der Waals surface area (Å²) in [5.41, 5.74) is 5.30. The summed E-state index contributed by atoms with van der Waals surface area (Å²) in [4.78, 5) is 11.9. The number of ether oxygens (including phenoxy) is 1. The normalized spacial score (nSPS) is 19.8. The fourth-order valence-electron chi connectivity index (χ4n) is 5.35. The van der Waals surface area contributed by atoms with Gasteiger partial charge in [0, 0.05) is 12.5 Å². The smallest absolute Gasteiger partial charge is 0.332 e. The molecule has 5 rings (SSSR count). The second kappa shape index (κ2) is 12.7. The molecule has 3 N–H and O–H groups in total. The lowest BCUT2D eigenvalue weighted by Gasteiger charge is -2.35. The number of carboxylic acid groups (broad SMARTS) is 1. The lowest BCUT2D eigenvalue weighted by Crippen LogP contribution is -2.25. The van der Waals surface area contributed by atoms with Crippen molar-refractivity contribution in [1.29, 1.82) is 0 Å². The molecular weight excluding hydrogens is 466 g/mol. The molecule has 3 atom stereocenters. The number of benzene rings is 3. The summed E-state index contributed by atoms with van der Waals surface area (Å²) < 4.78 is 6.03. The van der Waals surface area contributed by atoms with Crippen LogP contribution in [0.15, 0.2) is 72.8 Å². The fraction of sp³-hybridized carbons (Fsp3) is 0.387. The van der Waals surface area contributed by atoms with Gasteiger partial charge in [0.25, 0.3) is 0 Å². The van der Waals surface area contributed by atoms with Crippen LogP contribution in [0, 0.1) is 0 Å². The number of hydrogen-bond donors (Lipinski definition) is 3. The first-order valence-electron chi connectivity index (χ1n) is 13.1. The molecule has 37 heavy (non-hydrogen) atoms. The van der Waals surface area contributed by atoms with Crippen LogP contribution in [0.5, 0.6) is 11.5 Å². The van der Waals surface area contributed by atoms with Crippen LogP contribution in [0.4, 0.5) is 0 Å². The van der Waals surface area contributed by atoms with E-state index < -0.39 is 12.1 Å². The molecule has 0 saturated carbocycles. The highest BCUT2D eigenvalue weighted by Crippen LogP contribution is 2.47. The summed E-state index contributed by atoms with van der Waals surface area (Å²) in [6.07, 6.45) is 3.48. The molecule has 1 saturated heterocycles. The van der Waals surface area contributed by atoms with Crippen LogP contribution in [0.1, 0.15) is 60.3 Å². The Morgan fingerprint density at radius 1 is 1.00 bits per heavy atom. The van der Waals surface area contributed by atoms with Gasteiger partial charge < -0.3 is 20.1 Å². The van der Waals surface area contributed by atoms with Crippen molar-refractivity contribution >= 4 is 5.97 Å². The highest BCUT2D eigenvalue weighted by Gasteiger charge is 2.32. The number of aliphatic hydroxyl groups is 1. The number of carbonyl (C=O) groups is 1. The van der Waals surface area contributed by atoms with Gasteiger partial charge >= 0.3 is 5.97 Å². The van der Waals surface area contributed by atoms with E-state index in [1.807, 2.05) is 12.1 Å². The molecule has 0 bridgehead atoms. The Morgan fingerprint density at radius 3 is 2.32 bits per heavy atom. The molecule has 0 spiro atoms. The van der Waals surface area contributed by atoms with Gasteiger partial charge in [0.15, 0.2) is 0 Å². The standard InChI is InChI=1S/C28H31NO2.C3H6O3/c30-24-11-15-27-23(20-24)10-14-26(21-6-2-1-3-7-21)28(27)22-8-12-25(13-9-22)31-19-18-29-16-4-5-17-29;1-2(4)3(5)6/h1-3,6-9,11-13,15,20,26,28,30H,4-5,10,14,16-19H2;2,4H,1H3,(H,5,6)/t26-,28+;/m1./s1. The molecule has 1 aliphatic carbocycles. The van der Waals surface area contributed by atoms with Gasteiger partial charge in [0.2, 0.25) is 0 Å². The first kappa shape index (κ1) is 26.7. The van der Waals surface area contributed by atoms with Crippen LogP contribution in [0.25, 0.3) is 0 Å². The SMILES string of the molecule is CC(O)C(=O)O.Oc1ccc2c(c1)CC[C@H](c1ccccc1)[C@@H]2c1ccc(OCCN2CCCC2)cc1. The second-order valence-corrected chi connectivity index (χ2v) is 9.90. The first-order chi connectivity index (χ1) is 17.9.